The fourth-order valence-electron chi connectivity index (χ4n) is 4.50. The van der Waals surface area contributed by atoms with E-state index in [1.165, 1.54) is 12.8 Å². The first kappa shape index (κ1) is 28.2. The monoisotopic (exact) mass is 525 g/mol. The predicted octanol–water partition coefficient (Wildman–Crippen LogP) is 8.23. The van der Waals surface area contributed by atoms with E-state index in [0.29, 0.717) is 23.7 Å². The molecule has 0 aliphatic rings. The molecule has 3 aromatic carbocycles. The van der Waals surface area contributed by atoms with Crippen molar-refractivity contribution < 1.29 is 14.6 Å². The van der Waals surface area contributed by atoms with Gasteiger partial charge >= 0.3 is 12.0 Å². The number of aryl methyl sites for hydroxylation is 2. The van der Waals surface area contributed by atoms with Crippen LogP contribution in [0, 0.1) is 27.7 Å². The molecule has 0 saturated carbocycles. The number of aliphatic hydroxyl groups excluding tert-OH is 1. The van der Waals surface area contributed by atoms with Crippen molar-refractivity contribution >= 4 is 0 Å². The highest BCUT2D eigenvalue weighted by atomic mass is 16.5. The van der Waals surface area contributed by atoms with Crippen LogP contribution in [0.2, 0.25) is 0 Å². The summed E-state index contributed by atoms with van der Waals surface area (Å²) in [6.45, 7) is 10.3. The molecular formula is C33H39N3O3. The Morgan fingerprint density at radius 2 is 1.28 bits per heavy atom. The van der Waals surface area contributed by atoms with Crippen molar-refractivity contribution in [3.8, 4) is 34.9 Å². The highest BCUT2D eigenvalue weighted by Crippen LogP contribution is 2.31. The van der Waals surface area contributed by atoms with Gasteiger partial charge in [0.25, 0.3) is 0 Å². The lowest BCUT2D eigenvalue weighted by Gasteiger charge is -2.15. The fraction of sp³-hybridized carbons (Fsp3) is 0.364. The van der Waals surface area contributed by atoms with Gasteiger partial charge in [0, 0.05) is 5.56 Å². The van der Waals surface area contributed by atoms with E-state index in [-0.39, 0.29) is 12.0 Å². The number of hydrogen-bond acceptors (Lipinski definition) is 6. The Balaban J connectivity index is 1.70. The molecule has 0 amide bonds. The molecule has 1 unspecified atom stereocenters. The van der Waals surface area contributed by atoms with Gasteiger partial charge in [-0.2, -0.15) is 9.97 Å². The summed E-state index contributed by atoms with van der Waals surface area (Å²) < 4.78 is 12.4. The number of rotatable bonds is 12. The van der Waals surface area contributed by atoms with E-state index in [2.05, 4.69) is 11.9 Å². The lowest BCUT2D eigenvalue weighted by molar-refractivity contribution is 0.161. The molecule has 0 spiro atoms. The number of aromatic nitrogens is 3. The predicted molar refractivity (Wildman–Crippen MR) is 156 cm³/mol. The Labute approximate surface area is 232 Å². The van der Waals surface area contributed by atoms with E-state index in [9.17, 15) is 5.11 Å². The zero-order valence-electron chi connectivity index (χ0n) is 23.7. The van der Waals surface area contributed by atoms with Crippen LogP contribution in [0.15, 0.2) is 60.7 Å². The van der Waals surface area contributed by atoms with Crippen LogP contribution in [0.4, 0.5) is 0 Å². The van der Waals surface area contributed by atoms with Crippen LogP contribution in [0.25, 0.3) is 11.4 Å². The number of aliphatic hydroxyl groups is 1. The van der Waals surface area contributed by atoms with Gasteiger partial charge in [-0.15, -0.1) is 4.98 Å². The maximum Gasteiger partial charge on any atom is 0.328 e. The van der Waals surface area contributed by atoms with Crippen molar-refractivity contribution in [2.24, 2.45) is 0 Å². The second-order valence-electron chi connectivity index (χ2n) is 10.2. The van der Waals surface area contributed by atoms with E-state index in [4.69, 9.17) is 19.4 Å². The van der Waals surface area contributed by atoms with Crippen molar-refractivity contribution in [2.75, 3.05) is 0 Å². The Morgan fingerprint density at radius 3 is 1.87 bits per heavy atom. The largest absolute Gasteiger partial charge is 0.424 e. The van der Waals surface area contributed by atoms with Gasteiger partial charge in [-0.05, 0) is 80.5 Å². The molecule has 0 aliphatic carbocycles. The zero-order valence-corrected chi connectivity index (χ0v) is 23.7. The average molecular weight is 526 g/mol. The Hall–Kier alpha value is -3.77. The normalized spacial score (nSPS) is 11.8. The molecule has 0 radical (unpaired) electrons. The van der Waals surface area contributed by atoms with Crippen LogP contribution in [0.1, 0.15) is 66.8 Å². The maximum absolute atomic E-state index is 10.8. The summed E-state index contributed by atoms with van der Waals surface area (Å²) in [6, 6.07) is 20.0. The van der Waals surface area contributed by atoms with Gasteiger partial charge in [-0.25, -0.2) is 0 Å². The van der Waals surface area contributed by atoms with Crippen LogP contribution in [0.5, 0.6) is 23.5 Å². The minimum atomic E-state index is -0.429. The topological polar surface area (TPSA) is 77.4 Å². The second kappa shape index (κ2) is 13.3. The Morgan fingerprint density at radius 1 is 0.692 bits per heavy atom. The summed E-state index contributed by atoms with van der Waals surface area (Å²) in [5.41, 5.74) is 6.07. The molecule has 0 fully saturated rings. The molecule has 4 aromatic rings. The molecule has 6 heteroatoms. The summed E-state index contributed by atoms with van der Waals surface area (Å²) in [6.07, 6.45) is 5.40. The maximum atomic E-state index is 10.8. The SMILES string of the molecule is CCCCCCC(O)Cc1ccccc1-c1nc(Oc2cccc(C)c2C)nc(Oc2cccc(C)c2C)n1. The minimum Gasteiger partial charge on any atom is -0.424 e. The molecule has 204 valence electrons. The van der Waals surface area contributed by atoms with E-state index in [0.717, 1.165) is 52.6 Å². The number of ether oxygens (including phenoxy) is 2. The van der Waals surface area contributed by atoms with Gasteiger partial charge in [0.1, 0.15) is 11.5 Å². The van der Waals surface area contributed by atoms with Crippen molar-refractivity contribution in [1.29, 1.82) is 0 Å². The molecule has 0 aliphatic heterocycles. The highest BCUT2D eigenvalue weighted by Gasteiger charge is 2.18. The van der Waals surface area contributed by atoms with Crippen molar-refractivity contribution in [1.82, 2.24) is 15.0 Å². The third-order valence-corrected chi connectivity index (χ3v) is 7.21. The van der Waals surface area contributed by atoms with Crippen LogP contribution in [-0.2, 0) is 6.42 Å². The van der Waals surface area contributed by atoms with E-state index in [1.54, 1.807) is 0 Å². The molecule has 1 N–H and O–H groups in total. The molecular weight excluding hydrogens is 486 g/mol. The molecule has 4 rings (SSSR count). The van der Waals surface area contributed by atoms with Crippen LogP contribution >= 0.6 is 0 Å². The van der Waals surface area contributed by atoms with Crippen molar-refractivity contribution in [3.63, 3.8) is 0 Å². The van der Waals surface area contributed by atoms with E-state index in [1.807, 2.05) is 88.4 Å². The molecule has 6 nitrogen and oxygen atoms in total. The molecule has 0 bridgehead atoms. The van der Waals surface area contributed by atoms with E-state index >= 15 is 0 Å². The lowest BCUT2D eigenvalue weighted by atomic mass is 9.98. The first-order valence-electron chi connectivity index (χ1n) is 13.9. The number of hydrogen-bond donors (Lipinski definition) is 1. The first-order valence-corrected chi connectivity index (χ1v) is 13.9. The summed E-state index contributed by atoms with van der Waals surface area (Å²) in [7, 11) is 0. The highest BCUT2D eigenvalue weighted by molar-refractivity contribution is 5.61. The Kier molecular flexibility index (Phi) is 9.66. The first-order chi connectivity index (χ1) is 18.9. The third kappa shape index (κ3) is 7.42. The van der Waals surface area contributed by atoms with Gasteiger partial charge in [0.15, 0.2) is 5.82 Å². The van der Waals surface area contributed by atoms with Crippen LogP contribution in [0.3, 0.4) is 0 Å². The summed E-state index contributed by atoms with van der Waals surface area (Å²) in [5, 5.41) is 10.8. The van der Waals surface area contributed by atoms with Gasteiger partial charge < -0.3 is 14.6 Å². The standard InChI is InChI=1S/C33H39N3O3/c1-6-7-8-9-17-27(37)21-26-16-10-11-18-28(26)31-34-32(38-29-19-12-14-22(2)24(29)4)36-33(35-31)39-30-20-13-15-23(3)25(30)5/h10-16,18-20,27,37H,6-9,17,21H2,1-5H3. The van der Waals surface area contributed by atoms with Gasteiger partial charge in [0.2, 0.25) is 0 Å². The van der Waals surface area contributed by atoms with Gasteiger partial charge in [-0.3, -0.25) is 0 Å². The molecule has 0 saturated heterocycles. The van der Waals surface area contributed by atoms with Crippen molar-refractivity contribution in [3.05, 3.63) is 88.5 Å². The quantitative estimate of drug-likeness (QED) is 0.188. The van der Waals surface area contributed by atoms with Gasteiger partial charge in [0.05, 0.1) is 6.10 Å². The number of benzene rings is 3. The molecule has 1 atom stereocenters. The fourth-order valence-corrected chi connectivity index (χ4v) is 4.50. The van der Waals surface area contributed by atoms with Crippen molar-refractivity contribution in [2.45, 2.75) is 79.2 Å². The average Bonchev–Trinajstić information content (AvgIpc) is 2.92. The lowest BCUT2D eigenvalue weighted by Crippen LogP contribution is -2.11. The second-order valence-corrected chi connectivity index (χ2v) is 10.2. The third-order valence-electron chi connectivity index (χ3n) is 7.21. The summed E-state index contributed by atoms with van der Waals surface area (Å²) in [5.74, 6) is 1.81. The minimum absolute atomic E-state index is 0.156. The summed E-state index contributed by atoms with van der Waals surface area (Å²) in [4.78, 5) is 13.9. The molecule has 39 heavy (non-hydrogen) atoms. The number of nitrogens with zero attached hydrogens (tertiary/aromatic N) is 3. The van der Waals surface area contributed by atoms with Crippen LogP contribution in [-0.4, -0.2) is 26.2 Å². The smallest absolute Gasteiger partial charge is 0.328 e. The molecule has 1 aromatic heterocycles. The van der Waals surface area contributed by atoms with Gasteiger partial charge in [-0.1, -0.05) is 81.1 Å². The number of unbranched alkanes of at least 4 members (excludes halogenated alkanes) is 3. The summed E-state index contributed by atoms with van der Waals surface area (Å²) >= 11 is 0. The Bertz CT molecular complexity index is 1330. The van der Waals surface area contributed by atoms with E-state index < -0.39 is 6.10 Å². The zero-order chi connectivity index (χ0) is 27.8. The molecule has 1 heterocycles. The van der Waals surface area contributed by atoms with Crippen LogP contribution < -0.4 is 9.47 Å².